The Labute approximate surface area is 148 Å². The molecule has 0 bridgehead atoms. The number of nitrogens with zero attached hydrogens (tertiary/aromatic N) is 3. The minimum Gasteiger partial charge on any atom is -0.490 e. The van der Waals surface area contributed by atoms with E-state index in [0.717, 1.165) is 26.1 Å². The summed E-state index contributed by atoms with van der Waals surface area (Å²) in [5.74, 6) is 1.25. The molecule has 2 aliphatic rings. The standard InChI is InChI=1S/C20H26FN3O/c1-23-20(16-8-9-16)17(11-22-23)13-24-10-4-5-15(12-24)14-25-19-7-3-2-6-18(19)21/h2-3,6-7,11,15-16H,4-5,8-10,12-14H2,1H3/t15-/m0/s1. The number of halogens is 1. The number of piperidine rings is 1. The number of rotatable bonds is 6. The van der Waals surface area contributed by atoms with E-state index in [-0.39, 0.29) is 5.82 Å². The molecule has 1 aliphatic carbocycles. The summed E-state index contributed by atoms with van der Waals surface area (Å²) in [6, 6.07) is 6.65. The number of aromatic nitrogens is 2. The van der Waals surface area contributed by atoms with Gasteiger partial charge in [-0.25, -0.2) is 4.39 Å². The van der Waals surface area contributed by atoms with Gasteiger partial charge in [0.05, 0.1) is 12.8 Å². The van der Waals surface area contributed by atoms with Crippen molar-refractivity contribution in [3.8, 4) is 5.75 Å². The van der Waals surface area contributed by atoms with E-state index in [1.54, 1.807) is 12.1 Å². The van der Waals surface area contributed by atoms with Gasteiger partial charge < -0.3 is 4.74 Å². The van der Waals surface area contributed by atoms with E-state index in [1.807, 2.05) is 12.3 Å². The molecule has 1 saturated heterocycles. The van der Waals surface area contributed by atoms with Crippen molar-refractivity contribution in [3.63, 3.8) is 0 Å². The van der Waals surface area contributed by atoms with Gasteiger partial charge in [-0.1, -0.05) is 12.1 Å². The van der Waals surface area contributed by atoms with Crippen LogP contribution in [-0.4, -0.2) is 34.4 Å². The van der Waals surface area contributed by atoms with Crippen LogP contribution in [0.2, 0.25) is 0 Å². The zero-order valence-electron chi connectivity index (χ0n) is 14.8. The third kappa shape index (κ3) is 3.87. The number of likely N-dealkylation sites (tertiary alicyclic amines) is 1. The molecule has 0 unspecified atom stereocenters. The van der Waals surface area contributed by atoms with Crippen molar-refractivity contribution in [1.29, 1.82) is 0 Å². The van der Waals surface area contributed by atoms with Crippen LogP contribution < -0.4 is 4.74 Å². The maximum Gasteiger partial charge on any atom is 0.165 e. The minimum atomic E-state index is -0.278. The maximum absolute atomic E-state index is 13.7. The monoisotopic (exact) mass is 343 g/mol. The van der Waals surface area contributed by atoms with Gasteiger partial charge in [0.1, 0.15) is 0 Å². The molecule has 0 spiro atoms. The minimum absolute atomic E-state index is 0.278. The SMILES string of the molecule is Cn1ncc(CN2CCC[C@H](COc3ccccc3F)C2)c1C1CC1. The lowest BCUT2D eigenvalue weighted by Gasteiger charge is -2.32. The molecule has 0 radical (unpaired) electrons. The molecule has 2 fully saturated rings. The summed E-state index contributed by atoms with van der Waals surface area (Å²) >= 11 is 0. The van der Waals surface area contributed by atoms with E-state index < -0.39 is 0 Å². The lowest BCUT2D eigenvalue weighted by molar-refractivity contribution is 0.123. The van der Waals surface area contributed by atoms with E-state index in [0.29, 0.717) is 24.2 Å². The first-order valence-corrected chi connectivity index (χ1v) is 9.31. The van der Waals surface area contributed by atoms with Gasteiger partial charge in [-0.05, 0) is 44.4 Å². The molecular weight excluding hydrogens is 317 g/mol. The molecule has 25 heavy (non-hydrogen) atoms. The fourth-order valence-electron chi connectivity index (χ4n) is 3.94. The first-order chi connectivity index (χ1) is 12.2. The summed E-state index contributed by atoms with van der Waals surface area (Å²) in [6.07, 6.45) is 6.95. The molecule has 1 aliphatic heterocycles. The van der Waals surface area contributed by atoms with Gasteiger partial charge in [0.2, 0.25) is 0 Å². The van der Waals surface area contributed by atoms with E-state index in [1.165, 1.54) is 36.6 Å². The van der Waals surface area contributed by atoms with Crippen LogP contribution >= 0.6 is 0 Å². The fourth-order valence-corrected chi connectivity index (χ4v) is 3.94. The second-order valence-electron chi connectivity index (χ2n) is 7.44. The number of ether oxygens (including phenoxy) is 1. The van der Waals surface area contributed by atoms with Gasteiger partial charge in [-0.15, -0.1) is 0 Å². The van der Waals surface area contributed by atoms with Crippen LogP contribution in [0.15, 0.2) is 30.5 Å². The Morgan fingerprint density at radius 2 is 2.08 bits per heavy atom. The first kappa shape index (κ1) is 16.6. The zero-order chi connectivity index (χ0) is 17.2. The van der Waals surface area contributed by atoms with Crippen LogP contribution in [0, 0.1) is 11.7 Å². The zero-order valence-corrected chi connectivity index (χ0v) is 14.8. The van der Waals surface area contributed by atoms with Crippen LogP contribution in [0.4, 0.5) is 4.39 Å². The van der Waals surface area contributed by atoms with Crippen molar-refractivity contribution >= 4 is 0 Å². The van der Waals surface area contributed by atoms with Gasteiger partial charge >= 0.3 is 0 Å². The van der Waals surface area contributed by atoms with Crippen molar-refractivity contribution < 1.29 is 9.13 Å². The molecule has 1 saturated carbocycles. The van der Waals surface area contributed by atoms with Crippen molar-refractivity contribution in [2.75, 3.05) is 19.7 Å². The third-order valence-corrected chi connectivity index (χ3v) is 5.34. The predicted molar refractivity (Wildman–Crippen MR) is 95.1 cm³/mol. The number of hydrogen-bond donors (Lipinski definition) is 0. The second kappa shape index (κ2) is 7.16. The predicted octanol–water partition coefficient (Wildman–Crippen LogP) is 3.73. The Bertz CT molecular complexity index is 725. The highest BCUT2D eigenvalue weighted by atomic mass is 19.1. The van der Waals surface area contributed by atoms with Gasteiger partial charge in [-0.3, -0.25) is 9.58 Å². The molecule has 2 aromatic rings. The van der Waals surface area contributed by atoms with E-state index in [2.05, 4.69) is 21.7 Å². The molecule has 0 amide bonds. The van der Waals surface area contributed by atoms with Gasteiger partial charge in [-0.2, -0.15) is 5.10 Å². The van der Waals surface area contributed by atoms with Crippen molar-refractivity contribution in [2.45, 2.75) is 38.1 Å². The van der Waals surface area contributed by atoms with E-state index in [9.17, 15) is 4.39 Å². The number of hydrogen-bond acceptors (Lipinski definition) is 3. The molecule has 1 aromatic carbocycles. The van der Waals surface area contributed by atoms with Crippen LogP contribution in [0.1, 0.15) is 42.9 Å². The first-order valence-electron chi connectivity index (χ1n) is 9.31. The van der Waals surface area contributed by atoms with Crippen molar-refractivity contribution in [1.82, 2.24) is 14.7 Å². The highest BCUT2D eigenvalue weighted by Crippen LogP contribution is 2.41. The second-order valence-corrected chi connectivity index (χ2v) is 7.44. The Morgan fingerprint density at radius 3 is 2.88 bits per heavy atom. The van der Waals surface area contributed by atoms with Crippen LogP contribution in [0.25, 0.3) is 0 Å². The average molecular weight is 343 g/mol. The fraction of sp³-hybridized carbons (Fsp3) is 0.550. The Kier molecular flexibility index (Phi) is 4.75. The maximum atomic E-state index is 13.7. The molecule has 134 valence electrons. The van der Waals surface area contributed by atoms with Crippen molar-refractivity contribution in [2.24, 2.45) is 13.0 Å². The number of benzene rings is 1. The molecule has 2 heterocycles. The summed E-state index contributed by atoms with van der Waals surface area (Å²) in [4.78, 5) is 2.50. The highest BCUT2D eigenvalue weighted by Gasteiger charge is 2.30. The molecule has 4 nitrogen and oxygen atoms in total. The highest BCUT2D eigenvalue weighted by molar-refractivity contribution is 5.26. The Morgan fingerprint density at radius 1 is 1.24 bits per heavy atom. The van der Waals surface area contributed by atoms with Crippen LogP contribution in [0.5, 0.6) is 5.75 Å². The van der Waals surface area contributed by atoms with Crippen LogP contribution in [0.3, 0.4) is 0 Å². The lowest BCUT2D eigenvalue weighted by Crippen LogP contribution is -2.37. The lowest BCUT2D eigenvalue weighted by atomic mass is 9.98. The quantitative estimate of drug-likeness (QED) is 0.801. The molecular formula is C20H26FN3O. The van der Waals surface area contributed by atoms with Gasteiger partial charge in [0.15, 0.2) is 11.6 Å². The molecule has 1 aromatic heterocycles. The number of para-hydroxylation sites is 1. The molecule has 4 rings (SSSR count). The number of aryl methyl sites for hydroxylation is 1. The van der Waals surface area contributed by atoms with Crippen molar-refractivity contribution in [3.05, 3.63) is 47.5 Å². The summed E-state index contributed by atoms with van der Waals surface area (Å²) in [7, 11) is 2.05. The average Bonchev–Trinajstić information content (AvgIpc) is 3.38. The topological polar surface area (TPSA) is 30.3 Å². The summed E-state index contributed by atoms with van der Waals surface area (Å²) in [5, 5.41) is 4.47. The summed E-state index contributed by atoms with van der Waals surface area (Å²) in [6.45, 7) is 3.68. The van der Waals surface area contributed by atoms with Gasteiger partial charge in [0.25, 0.3) is 0 Å². The van der Waals surface area contributed by atoms with E-state index >= 15 is 0 Å². The summed E-state index contributed by atoms with van der Waals surface area (Å²) < 4.78 is 21.5. The molecule has 5 heteroatoms. The van der Waals surface area contributed by atoms with Crippen LogP contribution in [-0.2, 0) is 13.6 Å². The Balaban J connectivity index is 1.34. The smallest absolute Gasteiger partial charge is 0.165 e. The normalized spacial score (nSPS) is 21.4. The Hall–Kier alpha value is -1.88. The summed E-state index contributed by atoms with van der Waals surface area (Å²) in [5.41, 5.74) is 2.80. The third-order valence-electron chi connectivity index (χ3n) is 5.34. The van der Waals surface area contributed by atoms with Gasteiger partial charge in [0, 0.05) is 43.2 Å². The van der Waals surface area contributed by atoms with E-state index in [4.69, 9.17) is 4.74 Å². The molecule has 1 atom stereocenters. The molecule has 0 N–H and O–H groups in total. The largest absolute Gasteiger partial charge is 0.490 e.